The fourth-order valence-electron chi connectivity index (χ4n) is 5.16. The summed E-state index contributed by atoms with van der Waals surface area (Å²) < 4.78 is 38.0. The molecule has 2 aromatic carbocycles. The molecule has 11 nitrogen and oxygen atoms in total. The van der Waals surface area contributed by atoms with Crippen LogP contribution in [0.1, 0.15) is 15.9 Å². The largest absolute Gasteiger partial charge is 0.336 e. The number of fused-ring (bicyclic) bond motifs is 2. The predicted molar refractivity (Wildman–Crippen MR) is 173 cm³/mol. The molecule has 7 aromatic rings. The van der Waals surface area contributed by atoms with E-state index in [1.165, 1.54) is 12.1 Å². The fraction of sp³-hybridized carbons (Fsp3) is 0.0909. The lowest BCUT2D eigenvalue weighted by Crippen LogP contribution is -2.11. The third-order valence-corrected chi connectivity index (χ3v) is 8.30. The summed E-state index contributed by atoms with van der Waals surface area (Å²) in [5.41, 5.74) is 6.66. The van der Waals surface area contributed by atoms with Gasteiger partial charge in [-0.05, 0) is 66.6 Å². The summed E-state index contributed by atoms with van der Waals surface area (Å²) in [6, 6.07) is 20.5. The van der Waals surface area contributed by atoms with Crippen LogP contribution in [0.5, 0.6) is 0 Å². The van der Waals surface area contributed by atoms with E-state index in [0.717, 1.165) is 6.26 Å². The Balaban J connectivity index is 1.22. The number of carbonyl (C=O) groups is 1. The molecule has 228 valence electrons. The Morgan fingerprint density at radius 1 is 0.891 bits per heavy atom. The third kappa shape index (κ3) is 5.95. The number of aryl methyl sites for hydroxylation is 1. The smallest absolute Gasteiger partial charge is 0.255 e. The summed E-state index contributed by atoms with van der Waals surface area (Å²) in [6.07, 6.45) is 6.15. The summed E-state index contributed by atoms with van der Waals surface area (Å²) in [5, 5.41) is 10.3. The minimum absolute atomic E-state index is 0.0933. The first-order valence-electron chi connectivity index (χ1n) is 14.2. The quantitative estimate of drug-likeness (QED) is 0.195. The minimum Gasteiger partial charge on any atom is -0.336 e. The number of aromatic amines is 2. The van der Waals surface area contributed by atoms with E-state index in [4.69, 9.17) is 9.97 Å². The van der Waals surface area contributed by atoms with Gasteiger partial charge in [-0.3, -0.25) is 19.9 Å². The number of hydrogen-bond acceptors (Lipinski definition) is 8. The highest BCUT2D eigenvalue weighted by molar-refractivity contribution is 7.90. The molecule has 5 heterocycles. The minimum atomic E-state index is -3.22. The first-order valence-corrected chi connectivity index (χ1v) is 16.3. The number of nitrogens with zero attached hydrogens (tertiary/aromatic N) is 5. The van der Waals surface area contributed by atoms with Crippen LogP contribution in [0.3, 0.4) is 0 Å². The number of benzene rings is 2. The Bertz CT molecular complexity index is 2370. The average Bonchev–Trinajstić information content (AvgIpc) is 3.68. The monoisotopic (exact) mass is 632 g/mol. The maximum absolute atomic E-state index is 14.6. The number of halogens is 1. The van der Waals surface area contributed by atoms with Crippen molar-refractivity contribution in [3.8, 4) is 34.0 Å². The van der Waals surface area contributed by atoms with Crippen LogP contribution in [-0.2, 0) is 16.3 Å². The number of pyridine rings is 3. The van der Waals surface area contributed by atoms with Crippen LogP contribution in [-0.4, -0.2) is 61.5 Å². The Morgan fingerprint density at radius 3 is 2.54 bits per heavy atom. The Labute approximate surface area is 261 Å². The number of carbonyl (C=O) groups excluding carboxylic acids is 1. The number of sulfone groups is 1. The zero-order valence-electron chi connectivity index (χ0n) is 24.3. The van der Waals surface area contributed by atoms with E-state index in [-0.39, 0.29) is 18.1 Å². The van der Waals surface area contributed by atoms with Crippen LogP contribution < -0.4 is 5.32 Å². The van der Waals surface area contributed by atoms with E-state index >= 15 is 0 Å². The number of amides is 1. The van der Waals surface area contributed by atoms with Crippen LogP contribution in [0.2, 0.25) is 0 Å². The van der Waals surface area contributed by atoms with E-state index in [1.807, 2.05) is 18.2 Å². The molecule has 1 amide bonds. The van der Waals surface area contributed by atoms with Crippen molar-refractivity contribution in [1.82, 2.24) is 35.1 Å². The molecule has 0 spiro atoms. The van der Waals surface area contributed by atoms with Gasteiger partial charge in [0.2, 0.25) is 0 Å². The number of imidazole rings is 1. The molecular weight excluding hydrogens is 607 g/mol. The number of H-pyrrole nitrogens is 2. The molecule has 0 radical (unpaired) electrons. The highest BCUT2D eigenvalue weighted by Crippen LogP contribution is 2.32. The molecule has 0 atom stereocenters. The summed E-state index contributed by atoms with van der Waals surface area (Å²) in [7, 11) is -3.22. The van der Waals surface area contributed by atoms with Gasteiger partial charge in [0.15, 0.2) is 11.5 Å². The summed E-state index contributed by atoms with van der Waals surface area (Å²) in [4.78, 5) is 34.4. The average molecular weight is 633 g/mol. The lowest BCUT2D eigenvalue weighted by Gasteiger charge is -2.07. The maximum Gasteiger partial charge on any atom is 0.255 e. The van der Waals surface area contributed by atoms with Crippen molar-refractivity contribution < 1.29 is 17.6 Å². The van der Waals surface area contributed by atoms with Crippen molar-refractivity contribution in [3.05, 3.63) is 108 Å². The molecule has 0 fully saturated rings. The fourth-order valence-corrected chi connectivity index (χ4v) is 5.77. The molecule has 7 rings (SSSR count). The molecule has 0 unspecified atom stereocenters. The molecule has 0 bridgehead atoms. The highest BCUT2D eigenvalue weighted by Gasteiger charge is 2.19. The zero-order chi connectivity index (χ0) is 31.8. The Morgan fingerprint density at radius 2 is 1.72 bits per heavy atom. The van der Waals surface area contributed by atoms with Gasteiger partial charge in [0, 0.05) is 35.3 Å². The van der Waals surface area contributed by atoms with Gasteiger partial charge in [0.25, 0.3) is 5.91 Å². The van der Waals surface area contributed by atoms with Gasteiger partial charge in [0.1, 0.15) is 26.7 Å². The molecule has 0 aliphatic carbocycles. The summed E-state index contributed by atoms with van der Waals surface area (Å²) in [6.45, 7) is 0. The van der Waals surface area contributed by atoms with Crippen molar-refractivity contribution in [1.29, 1.82) is 0 Å². The maximum atomic E-state index is 14.6. The van der Waals surface area contributed by atoms with E-state index in [1.54, 1.807) is 61.1 Å². The van der Waals surface area contributed by atoms with E-state index in [9.17, 15) is 17.6 Å². The van der Waals surface area contributed by atoms with Crippen molar-refractivity contribution in [2.45, 2.75) is 6.42 Å². The van der Waals surface area contributed by atoms with Gasteiger partial charge in [-0.15, -0.1) is 0 Å². The Hall–Kier alpha value is -5.82. The van der Waals surface area contributed by atoms with Crippen LogP contribution in [0, 0.1) is 5.82 Å². The SMILES string of the molecule is CS(=O)(=O)CCc1cc(F)cc(-c2nccc3[nH]c(-c4n[nH]c5ccc(-c6cncc(NC(=O)c7ccccc7)c6)nc45)nc23)c1. The molecule has 0 aliphatic heterocycles. The topological polar surface area (TPSA) is 159 Å². The molecule has 46 heavy (non-hydrogen) atoms. The number of rotatable bonds is 8. The number of nitrogens with one attached hydrogen (secondary N) is 3. The van der Waals surface area contributed by atoms with Crippen molar-refractivity contribution in [2.75, 3.05) is 17.3 Å². The van der Waals surface area contributed by atoms with Crippen LogP contribution in [0.4, 0.5) is 10.1 Å². The number of hydrogen-bond donors (Lipinski definition) is 3. The first-order chi connectivity index (χ1) is 22.2. The van der Waals surface area contributed by atoms with Gasteiger partial charge in [-0.25, -0.2) is 22.8 Å². The first kappa shape index (κ1) is 28.9. The van der Waals surface area contributed by atoms with Gasteiger partial charge in [0.05, 0.1) is 40.1 Å². The standard InChI is InChI=1S/C33H25FN8O3S/c1-46(44,45)12-10-19-13-21(15-23(34)14-19)28-29-26(9-11-36-28)39-32(40-29)31-30-27(41-42-31)8-7-25(38-30)22-16-24(18-35-17-22)37-33(43)20-5-3-2-4-6-20/h2-9,11,13-18H,10,12H2,1H3,(H,37,43)(H,39,40)(H,41,42). The molecule has 0 saturated carbocycles. The molecule has 0 aliphatic rings. The lowest BCUT2D eigenvalue weighted by atomic mass is 10.0. The molecule has 13 heteroatoms. The van der Waals surface area contributed by atoms with Gasteiger partial charge in [-0.2, -0.15) is 5.10 Å². The van der Waals surface area contributed by atoms with E-state index < -0.39 is 15.7 Å². The van der Waals surface area contributed by atoms with Gasteiger partial charge < -0.3 is 10.3 Å². The summed E-state index contributed by atoms with van der Waals surface area (Å²) >= 11 is 0. The lowest BCUT2D eigenvalue weighted by molar-refractivity contribution is 0.102. The second kappa shape index (κ2) is 11.6. The molecular formula is C33H25FN8O3S. The van der Waals surface area contributed by atoms with Crippen LogP contribution in [0.25, 0.3) is 56.1 Å². The van der Waals surface area contributed by atoms with Crippen molar-refractivity contribution in [2.24, 2.45) is 0 Å². The van der Waals surface area contributed by atoms with Crippen molar-refractivity contribution >= 4 is 43.5 Å². The van der Waals surface area contributed by atoms with Crippen molar-refractivity contribution in [3.63, 3.8) is 0 Å². The normalized spacial score (nSPS) is 11.7. The molecule has 0 saturated heterocycles. The second-order valence-corrected chi connectivity index (χ2v) is 13.1. The van der Waals surface area contributed by atoms with E-state index in [0.29, 0.717) is 72.9 Å². The molecule has 3 N–H and O–H groups in total. The Kier molecular flexibility index (Phi) is 7.29. The molecule has 5 aromatic heterocycles. The van der Waals surface area contributed by atoms with Crippen LogP contribution >= 0.6 is 0 Å². The number of aromatic nitrogens is 7. The highest BCUT2D eigenvalue weighted by atomic mass is 32.2. The second-order valence-electron chi connectivity index (χ2n) is 10.8. The van der Waals surface area contributed by atoms with Gasteiger partial charge >= 0.3 is 0 Å². The predicted octanol–water partition coefficient (Wildman–Crippen LogP) is 5.60. The zero-order valence-corrected chi connectivity index (χ0v) is 25.1. The third-order valence-electron chi connectivity index (χ3n) is 7.35. The van der Waals surface area contributed by atoms with Gasteiger partial charge in [-0.1, -0.05) is 18.2 Å². The summed E-state index contributed by atoms with van der Waals surface area (Å²) in [5.74, 6) is -0.411. The number of anilines is 1. The van der Waals surface area contributed by atoms with Crippen LogP contribution in [0.15, 0.2) is 91.4 Å². The van der Waals surface area contributed by atoms with E-state index in [2.05, 4.69) is 30.5 Å².